The standard InChI is InChI=1S/C12H19N3O3/c1-9(12(16)14-7-8-17-2)15-11-10(18-3)5-4-6-13-11/h4-6,9H,7-8H2,1-3H3,(H,13,15)(H,14,16). The Hall–Kier alpha value is -1.82. The molecule has 1 rings (SSSR count). The largest absolute Gasteiger partial charge is 0.493 e. The Kier molecular flexibility index (Phi) is 5.93. The SMILES string of the molecule is COCCNC(=O)C(C)Nc1ncccc1OC. The lowest BCUT2D eigenvalue weighted by molar-refractivity contribution is -0.121. The number of amides is 1. The van der Waals surface area contributed by atoms with Crippen molar-refractivity contribution in [3.63, 3.8) is 0 Å². The zero-order valence-electron chi connectivity index (χ0n) is 10.9. The van der Waals surface area contributed by atoms with Crippen LogP contribution >= 0.6 is 0 Å². The number of hydrogen-bond acceptors (Lipinski definition) is 5. The van der Waals surface area contributed by atoms with Crippen LogP contribution in [0.25, 0.3) is 0 Å². The van der Waals surface area contributed by atoms with E-state index in [1.165, 1.54) is 0 Å². The maximum atomic E-state index is 11.7. The van der Waals surface area contributed by atoms with Crippen LogP contribution in [0.4, 0.5) is 5.82 Å². The van der Waals surface area contributed by atoms with Crippen LogP contribution in [0.3, 0.4) is 0 Å². The summed E-state index contributed by atoms with van der Waals surface area (Å²) in [4.78, 5) is 15.9. The summed E-state index contributed by atoms with van der Waals surface area (Å²) in [6.45, 7) is 2.74. The highest BCUT2D eigenvalue weighted by molar-refractivity contribution is 5.84. The van der Waals surface area contributed by atoms with Gasteiger partial charge in [0.2, 0.25) is 5.91 Å². The van der Waals surface area contributed by atoms with E-state index in [0.29, 0.717) is 24.7 Å². The Balaban J connectivity index is 2.52. The van der Waals surface area contributed by atoms with Gasteiger partial charge in [-0.05, 0) is 19.1 Å². The summed E-state index contributed by atoms with van der Waals surface area (Å²) in [7, 11) is 3.15. The molecule has 100 valence electrons. The quantitative estimate of drug-likeness (QED) is 0.698. The predicted molar refractivity (Wildman–Crippen MR) is 68.8 cm³/mol. The van der Waals surface area contributed by atoms with E-state index in [1.807, 2.05) is 0 Å². The number of methoxy groups -OCH3 is 2. The first-order chi connectivity index (χ1) is 8.69. The maximum absolute atomic E-state index is 11.7. The average molecular weight is 253 g/mol. The van der Waals surface area contributed by atoms with E-state index in [4.69, 9.17) is 9.47 Å². The fraction of sp³-hybridized carbons (Fsp3) is 0.500. The average Bonchev–Trinajstić information content (AvgIpc) is 2.39. The van der Waals surface area contributed by atoms with Crippen molar-refractivity contribution in [2.24, 2.45) is 0 Å². The Morgan fingerprint density at radius 3 is 2.94 bits per heavy atom. The van der Waals surface area contributed by atoms with Crippen molar-refractivity contribution in [3.8, 4) is 5.75 Å². The number of carbonyl (C=O) groups is 1. The third kappa shape index (κ3) is 4.21. The van der Waals surface area contributed by atoms with Gasteiger partial charge in [0, 0.05) is 19.9 Å². The van der Waals surface area contributed by atoms with Gasteiger partial charge in [-0.3, -0.25) is 4.79 Å². The molecular weight excluding hydrogens is 234 g/mol. The van der Waals surface area contributed by atoms with E-state index in [2.05, 4.69) is 15.6 Å². The Bertz CT molecular complexity index is 385. The molecule has 6 heteroatoms. The molecule has 2 N–H and O–H groups in total. The normalized spacial score (nSPS) is 11.7. The molecule has 1 heterocycles. The number of pyridine rings is 1. The van der Waals surface area contributed by atoms with Crippen molar-refractivity contribution in [2.45, 2.75) is 13.0 Å². The summed E-state index contributed by atoms with van der Waals surface area (Å²) < 4.78 is 10.0. The molecule has 0 saturated heterocycles. The number of rotatable bonds is 7. The molecule has 6 nitrogen and oxygen atoms in total. The zero-order valence-corrected chi connectivity index (χ0v) is 10.9. The molecular formula is C12H19N3O3. The van der Waals surface area contributed by atoms with E-state index in [1.54, 1.807) is 39.5 Å². The topological polar surface area (TPSA) is 72.5 Å². The van der Waals surface area contributed by atoms with Crippen LogP contribution in [-0.2, 0) is 9.53 Å². The fourth-order valence-corrected chi connectivity index (χ4v) is 1.36. The molecule has 1 atom stereocenters. The number of ether oxygens (including phenoxy) is 2. The number of aromatic nitrogens is 1. The van der Waals surface area contributed by atoms with Gasteiger partial charge in [0.15, 0.2) is 11.6 Å². The van der Waals surface area contributed by atoms with Crippen molar-refractivity contribution in [1.82, 2.24) is 10.3 Å². The molecule has 0 aliphatic rings. The number of nitrogens with zero attached hydrogens (tertiary/aromatic N) is 1. The summed E-state index contributed by atoms with van der Waals surface area (Å²) in [5, 5.41) is 5.75. The van der Waals surface area contributed by atoms with E-state index >= 15 is 0 Å². The summed E-state index contributed by atoms with van der Waals surface area (Å²) in [6, 6.07) is 3.16. The molecule has 18 heavy (non-hydrogen) atoms. The highest BCUT2D eigenvalue weighted by Crippen LogP contribution is 2.20. The first kappa shape index (κ1) is 14.2. The van der Waals surface area contributed by atoms with Gasteiger partial charge >= 0.3 is 0 Å². The van der Waals surface area contributed by atoms with Crippen LogP contribution in [-0.4, -0.2) is 44.3 Å². The van der Waals surface area contributed by atoms with Crippen LogP contribution in [0.15, 0.2) is 18.3 Å². The Labute approximate surface area is 107 Å². The van der Waals surface area contributed by atoms with Crippen LogP contribution in [0.5, 0.6) is 5.75 Å². The van der Waals surface area contributed by atoms with E-state index in [-0.39, 0.29) is 5.91 Å². The van der Waals surface area contributed by atoms with Crippen LogP contribution in [0, 0.1) is 0 Å². The lowest BCUT2D eigenvalue weighted by Crippen LogP contribution is -2.39. The molecule has 1 aromatic heterocycles. The molecule has 1 unspecified atom stereocenters. The molecule has 0 fully saturated rings. The van der Waals surface area contributed by atoms with Gasteiger partial charge in [0.05, 0.1) is 13.7 Å². The second kappa shape index (κ2) is 7.50. The second-order valence-electron chi connectivity index (χ2n) is 3.70. The van der Waals surface area contributed by atoms with Gasteiger partial charge in [-0.15, -0.1) is 0 Å². The second-order valence-corrected chi connectivity index (χ2v) is 3.70. The molecule has 0 aliphatic carbocycles. The smallest absolute Gasteiger partial charge is 0.242 e. The van der Waals surface area contributed by atoms with Crippen molar-refractivity contribution in [1.29, 1.82) is 0 Å². The van der Waals surface area contributed by atoms with Crippen molar-refractivity contribution >= 4 is 11.7 Å². The number of carbonyl (C=O) groups excluding carboxylic acids is 1. The van der Waals surface area contributed by atoms with Crippen LogP contribution < -0.4 is 15.4 Å². The molecule has 0 spiro atoms. The van der Waals surface area contributed by atoms with Gasteiger partial charge in [-0.1, -0.05) is 0 Å². The summed E-state index contributed by atoms with van der Waals surface area (Å²) in [6.07, 6.45) is 1.64. The molecule has 0 radical (unpaired) electrons. The Morgan fingerprint density at radius 1 is 1.50 bits per heavy atom. The fourth-order valence-electron chi connectivity index (χ4n) is 1.36. The highest BCUT2D eigenvalue weighted by Gasteiger charge is 2.14. The van der Waals surface area contributed by atoms with E-state index < -0.39 is 6.04 Å². The third-order valence-electron chi connectivity index (χ3n) is 2.34. The number of hydrogen-bond donors (Lipinski definition) is 2. The first-order valence-corrected chi connectivity index (χ1v) is 5.71. The third-order valence-corrected chi connectivity index (χ3v) is 2.34. The van der Waals surface area contributed by atoms with Gasteiger partial charge in [-0.2, -0.15) is 0 Å². The molecule has 0 bridgehead atoms. The zero-order chi connectivity index (χ0) is 13.4. The molecule has 1 aromatic rings. The minimum absolute atomic E-state index is 0.111. The minimum atomic E-state index is -0.398. The lowest BCUT2D eigenvalue weighted by atomic mass is 10.3. The van der Waals surface area contributed by atoms with Crippen molar-refractivity contribution < 1.29 is 14.3 Å². The van der Waals surface area contributed by atoms with Gasteiger partial charge < -0.3 is 20.1 Å². The van der Waals surface area contributed by atoms with Crippen molar-refractivity contribution in [2.75, 3.05) is 32.7 Å². The monoisotopic (exact) mass is 253 g/mol. The molecule has 0 aliphatic heterocycles. The van der Waals surface area contributed by atoms with Crippen LogP contribution in [0.2, 0.25) is 0 Å². The summed E-state index contributed by atoms with van der Waals surface area (Å²) in [5.41, 5.74) is 0. The maximum Gasteiger partial charge on any atom is 0.242 e. The number of anilines is 1. The van der Waals surface area contributed by atoms with Crippen molar-refractivity contribution in [3.05, 3.63) is 18.3 Å². The summed E-state index contributed by atoms with van der Waals surface area (Å²) in [5.74, 6) is 1.04. The predicted octanol–water partition coefficient (Wildman–Crippen LogP) is 0.653. The lowest BCUT2D eigenvalue weighted by Gasteiger charge is -2.16. The highest BCUT2D eigenvalue weighted by atomic mass is 16.5. The molecule has 1 amide bonds. The summed E-state index contributed by atoms with van der Waals surface area (Å²) >= 11 is 0. The van der Waals surface area contributed by atoms with Gasteiger partial charge in [0.25, 0.3) is 0 Å². The van der Waals surface area contributed by atoms with Gasteiger partial charge in [-0.25, -0.2) is 4.98 Å². The first-order valence-electron chi connectivity index (χ1n) is 5.71. The van der Waals surface area contributed by atoms with Gasteiger partial charge in [0.1, 0.15) is 6.04 Å². The molecule has 0 saturated carbocycles. The number of nitrogens with one attached hydrogen (secondary N) is 2. The van der Waals surface area contributed by atoms with Crippen LogP contribution in [0.1, 0.15) is 6.92 Å². The minimum Gasteiger partial charge on any atom is -0.493 e. The Morgan fingerprint density at radius 2 is 2.28 bits per heavy atom. The van der Waals surface area contributed by atoms with E-state index in [9.17, 15) is 4.79 Å². The molecule has 0 aromatic carbocycles. The van der Waals surface area contributed by atoms with E-state index in [0.717, 1.165) is 0 Å².